The molecule has 8 nitrogen and oxygen atoms in total. The topological polar surface area (TPSA) is 91.4 Å². The Morgan fingerprint density at radius 3 is 2.60 bits per heavy atom. The summed E-state index contributed by atoms with van der Waals surface area (Å²) < 4.78 is 0. The molecule has 0 spiro atoms. The van der Waals surface area contributed by atoms with Gasteiger partial charge in [-0.05, 0) is 36.6 Å². The Morgan fingerprint density at radius 2 is 1.87 bits per heavy atom. The van der Waals surface area contributed by atoms with Gasteiger partial charge in [0.1, 0.15) is 12.2 Å². The number of quaternary nitrogens is 1. The molecule has 2 aromatic rings. The number of carbonyl (C=O) groups excluding carboxylic acids is 1. The Kier molecular flexibility index (Phi) is 5.96. The van der Waals surface area contributed by atoms with E-state index in [-0.39, 0.29) is 18.2 Å². The van der Waals surface area contributed by atoms with Gasteiger partial charge >= 0.3 is 0 Å². The number of hydrogen-bond donors (Lipinski definition) is 2. The monoisotopic (exact) mass is 411 g/mol. The van der Waals surface area contributed by atoms with Crippen LogP contribution in [0.5, 0.6) is 0 Å². The van der Waals surface area contributed by atoms with Crippen molar-refractivity contribution in [1.82, 2.24) is 0 Å². The second kappa shape index (κ2) is 8.81. The SMILES string of the molecule is O=C(c1ccc(N2CC[NH+](CCO)CC2)c([N+](=O)[O-])c1)N1CCCc2ccccc21. The minimum atomic E-state index is -0.400. The summed E-state index contributed by atoms with van der Waals surface area (Å²) >= 11 is 0. The van der Waals surface area contributed by atoms with Gasteiger partial charge in [-0.2, -0.15) is 0 Å². The molecular formula is C22H27N4O4+. The summed E-state index contributed by atoms with van der Waals surface area (Å²) in [5.41, 5.74) is 2.89. The van der Waals surface area contributed by atoms with Crippen LogP contribution in [0.1, 0.15) is 22.3 Å². The van der Waals surface area contributed by atoms with Crippen LogP contribution in [0.25, 0.3) is 0 Å². The smallest absolute Gasteiger partial charge is 0.293 e. The minimum absolute atomic E-state index is 0.0308. The molecule has 1 fully saturated rings. The van der Waals surface area contributed by atoms with E-state index in [1.807, 2.05) is 29.2 Å². The number of hydrogen-bond acceptors (Lipinski definition) is 5. The standard InChI is InChI=1S/C22H26N4O4/c27-15-14-23-10-12-24(13-11-23)20-8-7-18(16-21(20)26(29)30)22(28)25-9-3-5-17-4-1-2-6-19(17)25/h1-2,4,6-8,16,27H,3,5,9-15H2/p+1. The first-order valence-electron chi connectivity index (χ1n) is 10.5. The quantitative estimate of drug-likeness (QED) is 0.563. The van der Waals surface area contributed by atoms with Crippen LogP contribution in [-0.2, 0) is 6.42 Å². The summed E-state index contributed by atoms with van der Waals surface area (Å²) in [6.45, 7) is 4.46. The fourth-order valence-electron chi connectivity index (χ4n) is 4.44. The Bertz CT molecular complexity index is 940. The van der Waals surface area contributed by atoms with E-state index in [1.165, 1.54) is 11.0 Å². The number of anilines is 2. The number of nitro groups is 1. The average molecular weight is 411 g/mol. The molecule has 1 saturated heterocycles. The summed E-state index contributed by atoms with van der Waals surface area (Å²) in [4.78, 5) is 29.6. The molecule has 4 rings (SSSR count). The van der Waals surface area contributed by atoms with Crippen LogP contribution in [0.2, 0.25) is 0 Å². The van der Waals surface area contributed by atoms with Crippen molar-refractivity contribution < 1.29 is 19.7 Å². The van der Waals surface area contributed by atoms with Gasteiger partial charge in [0, 0.05) is 23.9 Å². The van der Waals surface area contributed by atoms with E-state index in [2.05, 4.69) is 0 Å². The largest absolute Gasteiger partial charge is 0.391 e. The molecule has 2 aliphatic heterocycles. The number of carbonyl (C=O) groups is 1. The number of aliphatic hydroxyl groups is 1. The molecule has 2 aliphatic rings. The van der Waals surface area contributed by atoms with Crippen molar-refractivity contribution in [3.63, 3.8) is 0 Å². The molecule has 2 aromatic carbocycles. The molecule has 2 heterocycles. The van der Waals surface area contributed by atoms with Gasteiger partial charge in [-0.25, -0.2) is 0 Å². The lowest BCUT2D eigenvalue weighted by Crippen LogP contribution is -3.15. The number of rotatable bonds is 5. The van der Waals surface area contributed by atoms with E-state index >= 15 is 0 Å². The summed E-state index contributed by atoms with van der Waals surface area (Å²) in [7, 11) is 0. The average Bonchev–Trinajstić information content (AvgIpc) is 2.78. The number of piperazine rings is 1. The van der Waals surface area contributed by atoms with E-state index < -0.39 is 4.92 Å². The van der Waals surface area contributed by atoms with E-state index in [9.17, 15) is 14.9 Å². The fourth-order valence-corrected chi connectivity index (χ4v) is 4.44. The number of aliphatic hydroxyl groups excluding tert-OH is 1. The van der Waals surface area contributed by atoms with Crippen LogP contribution in [-0.4, -0.2) is 61.8 Å². The van der Waals surface area contributed by atoms with Gasteiger partial charge in [0.2, 0.25) is 0 Å². The molecule has 0 radical (unpaired) electrons. The van der Waals surface area contributed by atoms with Gasteiger partial charge in [-0.3, -0.25) is 14.9 Å². The maximum Gasteiger partial charge on any atom is 0.293 e. The third kappa shape index (κ3) is 4.01. The third-order valence-corrected chi connectivity index (χ3v) is 6.05. The van der Waals surface area contributed by atoms with Crippen LogP contribution in [0, 0.1) is 10.1 Å². The molecule has 0 aliphatic carbocycles. The van der Waals surface area contributed by atoms with Gasteiger partial charge in [0.05, 0.1) is 37.7 Å². The van der Waals surface area contributed by atoms with Crippen molar-refractivity contribution in [3.05, 3.63) is 63.7 Å². The van der Waals surface area contributed by atoms with Crippen molar-refractivity contribution in [3.8, 4) is 0 Å². The molecule has 0 atom stereocenters. The zero-order valence-electron chi connectivity index (χ0n) is 16.9. The Labute approximate surface area is 175 Å². The molecule has 0 unspecified atom stereocenters. The number of nitrogens with zero attached hydrogens (tertiary/aromatic N) is 3. The van der Waals surface area contributed by atoms with Gasteiger partial charge < -0.3 is 19.8 Å². The fraction of sp³-hybridized carbons (Fsp3) is 0.409. The highest BCUT2D eigenvalue weighted by Gasteiger charge is 2.29. The molecule has 0 saturated carbocycles. The van der Waals surface area contributed by atoms with Crippen LogP contribution in [0.4, 0.5) is 17.1 Å². The predicted molar refractivity (Wildman–Crippen MR) is 114 cm³/mol. The van der Waals surface area contributed by atoms with E-state index in [0.29, 0.717) is 37.4 Å². The first-order chi connectivity index (χ1) is 14.6. The Morgan fingerprint density at radius 1 is 1.10 bits per heavy atom. The molecule has 2 N–H and O–H groups in total. The van der Waals surface area contributed by atoms with Crippen molar-refractivity contribution in [2.75, 3.05) is 55.7 Å². The lowest BCUT2D eigenvalue weighted by molar-refractivity contribution is -0.900. The Hall–Kier alpha value is -2.97. The van der Waals surface area contributed by atoms with E-state index in [1.54, 1.807) is 17.0 Å². The number of nitro benzene ring substituents is 1. The van der Waals surface area contributed by atoms with Gasteiger partial charge in [0.25, 0.3) is 11.6 Å². The second-order valence-corrected chi connectivity index (χ2v) is 7.86. The normalized spacial score (nSPS) is 17.0. The highest BCUT2D eigenvalue weighted by atomic mass is 16.6. The highest BCUT2D eigenvalue weighted by Crippen LogP contribution is 2.32. The maximum absolute atomic E-state index is 13.2. The van der Waals surface area contributed by atoms with Gasteiger partial charge in [0.15, 0.2) is 0 Å². The first kappa shape index (κ1) is 20.3. The maximum atomic E-state index is 13.2. The van der Waals surface area contributed by atoms with Crippen LogP contribution < -0.4 is 14.7 Å². The van der Waals surface area contributed by atoms with Crippen molar-refractivity contribution in [1.29, 1.82) is 0 Å². The third-order valence-electron chi connectivity index (χ3n) is 6.05. The van der Waals surface area contributed by atoms with E-state index in [4.69, 9.17) is 5.11 Å². The summed E-state index contributed by atoms with van der Waals surface area (Å²) in [6.07, 6.45) is 1.81. The predicted octanol–water partition coefficient (Wildman–Crippen LogP) is 0.885. The number of fused-ring (bicyclic) bond motifs is 1. The number of nitrogens with one attached hydrogen (secondary N) is 1. The van der Waals surface area contributed by atoms with Crippen molar-refractivity contribution >= 4 is 23.0 Å². The molecule has 8 heteroatoms. The zero-order chi connectivity index (χ0) is 21.1. The minimum Gasteiger partial charge on any atom is -0.391 e. The number of amides is 1. The summed E-state index contributed by atoms with van der Waals surface area (Å²) in [6, 6.07) is 12.7. The van der Waals surface area contributed by atoms with Crippen LogP contribution in [0.3, 0.4) is 0 Å². The van der Waals surface area contributed by atoms with E-state index in [0.717, 1.165) is 37.2 Å². The molecule has 30 heavy (non-hydrogen) atoms. The molecule has 0 bridgehead atoms. The summed E-state index contributed by atoms with van der Waals surface area (Å²) in [5, 5.41) is 20.9. The van der Waals surface area contributed by atoms with Crippen LogP contribution in [0.15, 0.2) is 42.5 Å². The molecule has 158 valence electrons. The Balaban J connectivity index is 1.58. The molecule has 0 aromatic heterocycles. The zero-order valence-corrected chi connectivity index (χ0v) is 16.9. The van der Waals surface area contributed by atoms with Crippen molar-refractivity contribution in [2.45, 2.75) is 12.8 Å². The lowest BCUT2D eigenvalue weighted by Gasteiger charge is -2.33. The second-order valence-electron chi connectivity index (χ2n) is 7.86. The first-order valence-corrected chi connectivity index (χ1v) is 10.5. The van der Waals surface area contributed by atoms with Crippen LogP contribution >= 0.6 is 0 Å². The number of para-hydroxylation sites is 1. The van der Waals surface area contributed by atoms with Gasteiger partial charge in [-0.15, -0.1) is 0 Å². The summed E-state index contributed by atoms with van der Waals surface area (Å²) in [5.74, 6) is -0.200. The number of aryl methyl sites for hydroxylation is 1. The molecular weight excluding hydrogens is 384 g/mol. The lowest BCUT2D eigenvalue weighted by atomic mass is 10.0. The number of benzene rings is 2. The molecule has 1 amide bonds. The highest BCUT2D eigenvalue weighted by molar-refractivity contribution is 6.07. The van der Waals surface area contributed by atoms with Gasteiger partial charge in [-0.1, -0.05) is 18.2 Å². The van der Waals surface area contributed by atoms with Crippen molar-refractivity contribution in [2.24, 2.45) is 0 Å².